The zero-order chi connectivity index (χ0) is 29.7. The fourth-order valence-corrected chi connectivity index (χ4v) is 7.42. The lowest BCUT2D eigenvalue weighted by Gasteiger charge is -2.36. The van der Waals surface area contributed by atoms with Crippen LogP contribution in [0.1, 0.15) is 29.4 Å². The molecule has 1 aliphatic rings. The summed E-state index contributed by atoms with van der Waals surface area (Å²) >= 11 is 13.4. The molecule has 1 aromatic heterocycles. The smallest absolute Gasteiger partial charge is 0.261 e. The minimum Gasteiger partial charge on any atom is -0.351 e. The molecule has 0 bridgehead atoms. The largest absolute Gasteiger partial charge is 0.351 e. The quantitative estimate of drug-likeness (QED) is 0.355. The normalized spacial score (nSPS) is 14.9. The minimum absolute atomic E-state index is 0.00231. The number of carbonyl (C=O) groups excluding carboxylic acids is 3. The summed E-state index contributed by atoms with van der Waals surface area (Å²) in [5.41, 5.74) is 0. The molecule has 41 heavy (non-hydrogen) atoms. The van der Waals surface area contributed by atoms with Crippen molar-refractivity contribution < 1.29 is 22.8 Å². The Labute approximate surface area is 254 Å². The first kappa shape index (κ1) is 31.2. The number of halogens is 2. The first-order valence-electron chi connectivity index (χ1n) is 13.2. The highest BCUT2D eigenvalue weighted by Gasteiger charge is 2.30. The number of fused-ring (bicyclic) bond motifs is 1. The van der Waals surface area contributed by atoms with Gasteiger partial charge in [0.2, 0.25) is 21.8 Å². The van der Waals surface area contributed by atoms with Gasteiger partial charge in [-0.05, 0) is 48.1 Å². The molecule has 1 atom stereocenters. The molecule has 2 aromatic carbocycles. The summed E-state index contributed by atoms with van der Waals surface area (Å²) in [6.07, 6.45) is 1.01. The SMILES string of the molecule is CC(CCNC(=O)c1cc2ccccc2s1)CC(=O)N1CCN(C(=O)CN(C)S(=O)(=O)c2ccc(Cl)cc2Cl)CC1. The number of nitrogens with zero attached hydrogens (tertiary/aromatic N) is 3. The van der Waals surface area contributed by atoms with E-state index in [1.807, 2.05) is 37.3 Å². The molecule has 3 aromatic rings. The van der Waals surface area contributed by atoms with Gasteiger partial charge in [-0.3, -0.25) is 14.4 Å². The van der Waals surface area contributed by atoms with E-state index in [0.29, 0.717) is 55.5 Å². The van der Waals surface area contributed by atoms with E-state index in [4.69, 9.17) is 23.2 Å². The lowest BCUT2D eigenvalue weighted by Crippen LogP contribution is -2.52. The van der Waals surface area contributed by atoms with E-state index in [1.54, 1.807) is 9.80 Å². The van der Waals surface area contributed by atoms with Crippen LogP contribution in [0.25, 0.3) is 10.1 Å². The van der Waals surface area contributed by atoms with E-state index in [-0.39, 0.29) is 40.1 Å². The second-order valence-corrected chi connectivity index (χ2v) is 14.0. The maximum absolute atomic E-state index is 12.9. The first-order valence-corrected chi connectivity index (χ1v) is 16.2. The van der Waals surface area contributed by atoms with Crippen LogP contribution >= 0.6 is 34.5 Å². The molecule has 2 heterocycles. The average Bonchev–Trinajstić information content (AvgIpc) is 3.37. The van der Waals surface area contributed by atoms with Crippen LogP contribution in [0, 0.1) is 5.92 Å². The van der Waals surface area contributed by atoms with Crippen molar-refractivity contribution in [1.29, 1.82) is 0 Å². The second kappa shape index (κ2) is 13.5. The Balaban J connectivity index is 1.18. The minimum atomic E-state index is -3.99. The number of rotatable bonds is 10. The van der Waals surface area contributed by atoms with Gasteiger partial charge in [-0.1, -0.05) is 48.3 Å². The highest BCUT2D eigenvalue weighted by atomic mass is 35.5. The molecule has 1 saturated heterocycles. The molecule has 3 amide bonds. The number of carbonyl (C=O) groups is 3. The van der Waals surface area contributed by atoms with Gasteiger partial charge in [0.15, 0.2) is 0 Å². The number of likely N-dealkylation sites (N-methyl/N-ethyl adjacent to an activating group) is 1. The average molecular weight is 640 g/mol. The van der Waals surface area contributed by atoms with Crippen molar-refractivity contribution in [2.75, 3.05) is 46.3 Å². The molecule has 13 heteroatoms. The van der Waals surface area contributed by atoms with Gasteiger partial charge < -0.3 is 15.1 Å². The van der Waals surface area contributed by atoms with Gasteiger partial charge in [0.1, 0.15) is 4.90 Å². The van der Waals surface area contributed by atoms with Crippen molar-refractivity contribution in [3.8, 4) is 0 Å². The van der Waals surface area contributed by atoms with Crippen molar-refractivity contribution in [3.05, 3.63) is 63.5 Å². The van der Waals surface area contributed by atoms with Gasteiger partial charge in [-0.2, -0.15) is 4.31 Å². The number of amides is 3. The standard InChI is InChI=1S/C28H32Cl2N4O5S2/c1-19(9-10-31-28(37)24-16-20-5-3-4-6-23(20)40-24)15-26(35)33-11-13-34(14-12-33)27(36)18-32(2)41(38,39)25-8-7-21(29)17-22(25)30/h3-8,16-17,19H,9-15,18H2,1-2H3,(H,31,37). The molecule has 4 rings (SSSR count). The van der Waals surface area contributed by atoms with Crippen molar-refractivity contribution in [2.24, 2.45) is 5.92 Å². The van der Waals surface area contributed by atoms with Crippen molar-refractivity contribution in [1.82, 2.24) is 19.4 Å². The Morgan fingerprint density at radius 2 is 1.66 bits per heavy atom. The van der Waals surface area contributed by atoms with E-state index >= 15 is 0 Å². The fraction of sp³-hybridized carbons (Fsp3) is 0.393. The molecule has 1 aliphatic heterocycles. The Morgan fingerprint density at radius 3 is 2.32 bits per heavy atom. The zero-order valence-electron chi connectivity index (χ0n) is 22.8. The van der Waals surface area contributed by atoms with Crippen LogP contribution in [0.4, 0.5) is 0 Å². The summed E-state index contributed by atoms with van der Waals surface area (Å²) < 4.78 is 27.8. The maximum Gasteiger partial charge on any atom is 0.261 e. The van der Waals surface area contributed by atoms with Crippen LogP contribution < -0.4 is 5.32 Å². The molecule has 0 aliphatic carbocycles. The van der Waals surface area contributed by atoms with E-state index in [9.17, 15) is 22.8 Å². The number of piperazine rings is 1. The Kier molecular flexibility index (Phi) is 10.3. The molecule has 0 saturated carbocycles. The topological polar surface area (TPSA) is 107 Å². The van der Waals surface area contributed by atoms with Gasteiger partial charge in [0, 0.05) is 55.9 Å². The van der Waals surface area contributed by atoms with Crippen LogP contribution in [0.5, 0.6) is 0 Å². The number of hydrogen-bond acceptors (Lipinski definition) is 6. The highest BCUT2D eigenvalue weighted by molar-refractivity contribution is 7.89. The predicted octanol–water partition coefficient (Wildman–Crippen LogP) is 4.35. The molecule has 9 nitrogen and oxygen atoms in total. The lowest BCUT2D eigenvalue weighted by atomic mass is 10.0. The van der Waals surface area contributed by atoms with E-state index in [1.165, 1.54) is 36.6 Å². The summed E-state index contributed by atoms with van der Waals surface area (Å²) in [5.74, 6) is -0.392. The van der Waals surface area contributed by atoms with E-state index < -0.39 is 10.0 Å². The Morgan fingerprint density at radius 1 is 1.00 bits per heavy atom. The third-order valence-corrected chi connectivity index (χ3v) is 10.7. The van der Waals surface area contributed by atoms with E-state index in [2.05, 4.69) is 5.32 Å². The Bertz CT molecular complexity index is 1500. The predicted molar refractivity (Wildman–Crippen MR) is 162 cm³/mol. The molecular formula is C28H32Cl2N4O5S2. The van der Waals surface area contributed by atoms with Crippen LogP contribution in [-0.2, 0) is 19.6 Å². The number of hydrogen-bond donors (Lipinski definition) is 1. The summed E-state index contributed by atoms with van der Waals surface area (Å²) in [6.45, 7) is 3.49. The van der Waals surface area contributed by atoms with Crippen LogP contribution in [-0.4, -0.2) is 86.6 Å². The van der Waals surface area contributed by atoms with Crippen molar-refractivity contribution in [2.45, 2.75) is 24.7 Å². The third-order valence-electron chi connectivity index (χ3n) is 7.02. The number of benzene rings is 2. The molecule has 220 valence electrons. The molecule has 0 radical (unpaired) electrons. The van der Waals surface area contributed by atoms with Crippen LogP contribution in [0.2, 0.25) is 10.0 Å². The van der Waals surface area contributed by atoms with Gasteiger partial charge >= 0.3 is 0 Å². The monoisotopic (exact) mass is 638 g/mol. The Hall–Kier alpha value is -2.70. The van der Waals surface area contributed by atoms with E-state index in [0.717, 1.165) is 14.4 Å². The molecule has 1 unspecified atom stereocenters. The highest BCUT2D eigenvalue weighted by Crippen LogP contribution is 2.27. The summed E-state index contributed by atoms with van der Waals surface area (Å²) in [7, 11) is -2.66. The van der Waals surface area contributed by atoms with Gasteiger partial charge in [-0.15, -0.1) is 11.3 Å². The van der Waals surface area contributed by atoms with Crippen LogP contribution in [0.15, 0.2) is 53.4 Å². The summed E-state index contributed by atoms with van der Waals surface area (Å²) in [5, 5.41) is 4.28. The molecule has 1 N–H and O–H groups in total. The van der Waals surface area contributed by atoms with Gasteiger partial charge in [0.25, 0.3) is 5.91 Å². The maximum atomic E-state index is 12.9. The number of sulfonamides is 1. The first-order chi connectivity index (χ1) is 19.5. The van der Waals surface area contributed by atoms with Gasteiger partial charge in [-0.25, -0.2) is 8.42 Å². The molecule has 1 fully saturated rings. The number of thiophene rings is 1. The number of nitrogens with one attached hydrogen (secondary N) is 1. The zero-order valence-corrected chi connectivity index (χ0v) is 26.0. The molecular weight excluding hydrogens is 607 g/mol. The van der Waals surface area contributed by atoms with Crippen LogP contribution in [0.3, 0.4) is 0 Å². The fourth-order valence-electron chi connectivity index (χ4n) is 4.58. The van der Waals surface area contributed by atoms with Crippen molar-refractivity contribution >= 4 is 72.4 Å². The lowest BCUT2D eigenvalue weighted by molar-refractivity contribution is -0.140. The summed E-state index contributed by atoms with van der Waals surface area (Å²) in [4.78, 5) is 42.0. The van der Waals surface area contributed by atoms with Crippen molar-refractivity contribution in [3.63, 3.8) is 0 Å². The second-order valence-electron chi connectivity index (χ2n) is 10.1. The summed E-state index contributed by atoms with van der Waals surface area (Å²) in [6, 6.07) is 13.8. The molecule has 0 spiro atoms. The third kappa shape index (κ3) is 7.78. The van der Waals surface area contributed by atoms with Gasteiger partial charge in [0.05, 0.1) is 16.4 Å².